The molecule has 2 atom stereocenters. The van der Waals surface area contributed by atoms with Crippen molar-refractivity contribution in [1.82, 2.24) is 5.32 Å². The van der Waals surface area contributed by atoms with E-state index in [9.17, 15) is 4.79 Å². The molecule has 144 valence electrons. The second-order valence-electron chi connectivity index (χ2n) is 7.68. The van der Waals surface area contributed by atoms with Gasteiger partial charge in [0.15, 0.2) is 6.10 Å². The summed E-state index contributed by atoms with van der Waals surface area (Å²) >= 11 is 0. The van der Waals surface area contributed by atoms with E-state index in [2.05, 4.69) is 12.2 Å². The van der Waals surface area contributed by atoms with E-state index < -0.39 is 6.10 Å². The van der Waals surface area contributed by atoms with Gasteiger partial charge in [0.25, 0.3) is 5.91 Å². The summed E-state index contributed by atoms with van der Waals surface area (Å²) in [4.78, 5) is 12.9. The standard InChI is InChI=1S/C23H29NO3/c1-5-16-11-13-17(14-12-16)26-20(6-2)22(25)24-19-15-23(3,4)27-21-10-8-7-9-18(19)21/h7-14,19-20H,5-6,15H2,1-4H3,(H,24,25)/t19-,20-/m0/s1. The maximum atomic E-state index is 12.9. The fraction of sp³-hybridized carbons (Fsp3) is 0.435. The van der Waals surface area contributed by atoms with E-state index in [1.165, 1.54) is 5.56 Å². The van der Waals surface area contributed by atoms with Gasteiger partial charge in [0, 0.05) is 12.0 Å². The molecule has 0 saturated carbocycles. The summed E-state index contributed by atoms with van der Waals surface area (Å²) in [5.41, 5.74) is 1.94. The molecule has 4 nitrogen and oxygen atoms in total. The SMILES string of the molecule is CCc1ccc(O[C@@H](CC)C(=O)N[C@H]2CC(C)(C)Oc3ccccc32)cc1. The summed E-state index contributed by atoms with van der Waals surface area (Å²) in [7, 11) is 0. The number of hydrogen-bond donors (Lipinski definition) is 1. The number of aryl methyl sites for hydroxylation is 1. The number of hydrogen-bond acceptors (Lipinski definition) is 3. The molecule has 0 aromatic heterocycles. The van der Waals surface area contributed by atoms with Crippen LogP contribution in [-0.4, -0.2) is 17.6 Å². The maximum Gasteiger partial charge on any atom is 0.261 e. The average Bonchev–Trinajstić information content (AvgIpc) is 2.65. The van der Waals surface area contributed by atoms with E-state index in [1.807, 2.05) is 69.3 Å². The van der Waals surface area contributed by atoms with Crippen LogP contribution in [0.2, 0.25) is 0 Å². The molecule has 0 saturated heterocycles. The Morgan fingerprint density at radius 2 is 1.89 bits per heavy atom. The van der Waals surface area contributed by atoms with Gasteiger partial charge >= 0.3 is 0 Å². The van der Waals surface area contributed by atoms with Crippen molar-refractivity contribution in [2.75, 3.05) is 0 Å². The lowest BCUT2D eigenvalue weighted by Gasteiger charge is -2.38. The molecule has 0 bridgehead atoms. The summed E-state index contributed by atoms with van der Waals surface area (Å²) in [6.07, 6.45) is 1.79. The number of amides is 1. The van der Waals surface area contributed by atoms with Gasteiger partial charge in [-0.05, 0) is 50.5 Å². The van der Waals surface area contributed by atoms with Crippen LogP contribution in [0.1, 0.15) is 57.7 Å². The summed E-state index contributed by atoms with van der Waals surface area (Å²) < 4.78 is 12.0. The van der Waals surface area contributed by atoms with Crippen molar-refractivity contribution >= 4 is 5.91 Å². The third-order valence-electron chi connectivity index (χ3n) is 4.97. The number of nitrogens with one attached hydrogen (secondary N) is 1. The molecule has 1 heterocycles. The van der Waals surface area contributed by atoms with E-state index in [0.29, 0.717) is 6.42 Å². The van der Waals surface area contributed by atoms with Gasteiger partial charge < -0.3 is 14.8 Å². The topological polar surface area (TPSA) is 47.6 Å². The predicted molar refractivity (Wildman–Crippen MR) is 107 cm³/mol. The third kappa shape index (κ3) is 4.62. The Hall–Kier alpha value is -2.49. The maximum absolute atomic E-state index is 12.9. The zero-order valence-electron chi connectivity index (χ0n) is 16.6. The Morgan fingerprint density at radius 1 is 1.19 bits per heavy atom. The van der Waals surface area contributed by atoms with Gasteiger partial charge in [-0.2, -0.15) is 0 Å². The van der Waals surface area contributed by atoms with Gasteiger partial charge in [0.2, 0.25) is 0 Å². The van der Waals surface area contributed by atoms with Gasteiger partial charge in [-0.3, -0.25) is 4.79 Å². The van der Waals surface area contributed by atoms with Crippen molar-refractivity contribution in [3.05, 3.63) is 59.7 Å². The number of ether oxygens (including phenoxy) is 2. The van der Waals surface area contributed by atoms with Gasteiger partial charge in [0.1, 0.15) is 17.1 Å². The molecule has 1 aliphatic heterocycles. The van der Waals surface area contributed by atoms with Crippen molar-refractivity contribution in [3.63, 3.8) is 0 Å². The lowest BCUT2D eigenvalue weighted by atomic mass is 9.89. The lowest BCUT2D eigenvalue weighted by Crippen LogP contribution is -2.45. The quantitative estimate of drug-likeness (QED) is 0.796. The Balaban J connectivity index is 1.72. The fourth-order valence-electron chi connectivity index (χ4n) is 3.49. The second-order valence-corrected chi connectivity index (χ2v) is 7.68. The molecule has 4 heteroatoms. The largest absolute Gasteiger partial charge is 0.487 e. The Labute approximate surface area is 161 Å². The molecule has 1 aliphatic rings. The number of fused-ring (bicyclic) bond motifs is 1. The van der Waals surface area contributed by atoms with Gasteiger partial charge in [-0.1, -0.05) is 44.2 Å². The lowest BCUT2D eigenvalue weighted by molar-refractivity contribution is -0.129. The highest BCUT2D eigenvalue weighted by molar-refractivity contribution is 5.81. The minimum absolute atomic E-state index is 0.0856. The number of carbonyl (C=O) groups is 1. The fourth-order valence-corrected chi connectivity index (χ4v) is 3.49. The molecular weight excluding hydrogens is 338 g/mol. The van der Waals surface area contributed by atoms with Crippen molar-refractivity contribution in [1.29, 1.82) is 0 Å². The van der Waals surface area contributed by atoms with Crippen LogP contribution in [0, 0.1) is 0 Å². The molecule has 1 N–H and O–H groups in total. The number of para-hydroxylation sites is 1. The van der Waals surface area contributed by atoms with Crippen LogP contribution in [0.15, 0.2) is 48.5 Å². The molecule has 27 heavy (non-hydrogen) atoms. The molecule has 1 amide bonds. The van der Waals surface area contributed by atoms with Crippen LogP contribution in [0.4, 0.5) is 0 Å². The van der Waals surface area contributed by atoms with Gasteiger partial charge in [0.05, 0.1) is 6.04 Å². The van der Waals surface area contributed by atoms with Crippen molar-refractivity contribution in [2.45, 2.75) is 64.7 Å². The van der Waals surface area contributed by atoms with E-state index >= 15 is 0 Å². The van der Waals surface area contributed by atoms with Crippen LogP contribution in [0.25, 0.3) is 0 Å². The van der Waals surface area contributed by atoms with E-state index in [1.54, 1.807) is 0 Å². The Bertz CT molecular complexity index is 782. The monoisotopic (exact) mass is 367 g/mol. The Morgan fingerprint density at radius 3 is 2.56 bits per heavy atom. The molecule has 2 aromatic rings. The molecule has 0 spiro atoms. The van der Waals surface area contributed by atoms with E-state index in [0.717, 1.165) is 29.9 Å². The highest BCUT2D eigenvalue weighted by Gasteiger charge is 2.35. The highest BCUT2D eigenvalue weighted by Crippen LogP contribution is 2.39. The normalized spacial score (nSPS) is 18.7. The number of benzene rings is 2. The molecule has 3 rings (SSSR count). The summed E-state index contributed by atoms with van der Waals surface area (Å²) in [6, 6.07) is 15.8. The van der Waals surface area contributed by atoms with Crippen LogP contribution < -0.4 is 14.8 Å². The zero-order valence-corrected chi connectivity index (χ0v) is 16.6. The molecule has 0 radical (unpaired) electrons. The average molecular weight is 367 g/mol. The predicted octanol–water partition coefficient (Wildman–Crippen LogP) is 4.83. The first-order valence-corrected chi connectivity index (χ1v) is 9.75. The van der Waals surface area contributed by atoms with Crippen LogP contribution >= 0.6 is 0 Å². The first kappa shape index (κ1) is 19.3. The van der Waals surface area contributed by atoms with Crippen molar-refractivity contribution < 1.29 is 14.3 Å². The van der Waals surface area contributed by atoms with Crippen LogP contribution in [-0.2, 0) is 11.2 Å². The summed E-state index contributed by atoms with van der Waals surface area (Å²) in [5.74, 6) is 1.47. The summed E-state index contributed by atoms with van der Waals surface area (Å²) in [6.45, 7) is 8.17. The van der Waals surface area contributed by atoms with Gasteiger partial charge in [-0.25, -0.2) is 0 Å². The molecular formula is C23H29NO3. The molecule has 2 aromatic carbocycles. The third-order valence-corrected chi connectivity index (χ3v) is 4.97. The summed E-state index contributed by atoms with van der Waals surface area (Å²) in [5, 5.41) is 3.18. The van der Waals surface area contributed by atoms with E-state index in [-0.39, 0.29) is 17.6 Å². The minimum Gasteiger partial charge on any atom is -0.487 e. The van der Waals surface area contributed by atoms with E-state index in [4.69, 9.17) is 9.47 Å². The Kier molecular flexibility index (Phi) is 5.73. The van der Waals surface area contributed by atoms with Crippen molar-refractivity contribution in [2.24, 2.45) is 0 Å². The highest BCUT2D eigenvalue weighted by atomic mass is 16.5. The molecule has 0 fully saturated rings. The number of carbonyl (C=O) groups excluding carboxylic acids is 1. The molecule has 0 aliphatic carbocycles. The van der Waals surface area contributed by atoms with Crippen molar-refractivity contribution in [3.8, 4) is 11.5 Å². The first-order valence-electron chi connectivity index (χ1n) is 9.75. The van der Waals surface area contributed by atoms with Gasteiger partial charge in [-0.15, -0.1) is 0 Å². The second kappa shape index (κ2) is 8.03. The molecule has 0 unspecified atom stereocenters. The smallest absolute Gasteiger partial charge is 0.261 e. The van der Waals surface area contributed by atoms with Crippen LogP contribution in [0.5, 0.6) is 11.5 Å². The van der Waals surface area contributed by atoms with Crippen LogP contribution in [0.3, 0.4) is 0 Å². The first-order chi connectivity index (χ1) is 12.9. The number of rotatable bonds is 6. The minimum atomic E-state index is -0.518. The zero-order chi connectivity index (χ0) is 19.4.